The van der Waals surface area contributed by atoms with Crippen LogP contribution in [0.4, 0.5) is 0 Å². The van der Waals surface area contributed by atoms with Gasteiger partial charge in [-0.3, -0.25) is 33.7 Å². The number of carbonyl (C=O) groups excluding carboxylic acids is 5. The molecule has 65 heavy (non-hydrogen) atoms. The van der Waals surface area contributed by atoms with E-state index in [1.54, 1.807) is 75.9 Å². The molecule has 14 heteroatoms. The molecule has 1 aliphatic heterocycles. The molecule has 14 nitrogen and oxygen atoms in total. The largest absolute Gasteiger partial charge is 0.508 e. The third-order valence-corrected chi connectivity index (χ3v) is 13.3. The first-order chi connectivity index (χ1) is 30.4. The second-order valence-electron chi connectivity index (χ2n) is 20.3. The van der Waals surface area contributed by atoms with Gasteiger partial charge in [0.15, 0.2) is 5.78 Å². The average Bonchev–Trinajstić information content (AvgIpc) is 3.71. The van der Waals surface area contributed by atoms with E-state index in [4.69, 9.17) is 19.3 Å². The maximum absolute atomic E-state index is 14.6. The van der Waals surface area contributed by atoms with Gasteiger partial charge in [0.05, 0.1) is 42.7 Å². The highest BCUT2D eigenvalue weighted by molar-refractivity contribution is 5.90. The SMILES string of the molecule is CC[C@H](C)[C@@H]([C@@H](CC(=O)N1CCC[C@H]1[C@H](OC)[C@@H](C)C(=O)C[C@@H](Cc1ccc(O)cc1)C(=O)OC(C)(C)C)OC)N(C)C(=O)[C@@H](CC(=O)C(C(C)C)N(C)CCCCCC(=O)O)C(C)C. The number of hydrogen-bond acceptors (Lipinski definition) is 11. The Labute approximate surface area is 390 Å². The minimum Gasteiger partial charge on any atom is -0.508 e. The second-order valence-corrected chi connectivity index (χ2v) is 20.3. The van der Waals surface area contributed by atoms with E-state index in [0.717, 1.165) is 18.4 Å². The number of amides is 2. The van der Waals surface area contributed by atoms with Crippen molar-refractivity contribution in [3.63, 3.8) is 0 Å². The fourth-order valence-electron chi connectivity index (χ4n) is 9.60. The van der Waals surface area contributed by atoms with Gasteiger partial charge in [-0.25, -0.2) is 0 Å². The number of carbonyl (C=O) groups is 6. The number of esters is 1. The Balaban J connectivity index is 2.29. The molecule has 1 aromatic carbocycles. The van der Waals surface area contributed by atoms with Crippen LogP contribution >= 0.6 is 0 Å². The zero-order valence-corrected chi connectivity index (χ0v) is 42.3. The Bertz CT molecular complexity index is 1680. The van der Waals surface area contributed by atoms with E-state index < -0.39 is 65.6 Å². The van der Waals surface area contributed by atoms with Gasteiger partial charge in [0.1, 0.15) is 17.1 Å². The third-order valence-electron chi connectivity index (χ3n) is 13.3. The van der Waals surface area contributed by atoms with Crippen LogP contribution in [0, 0.1) is 35.5 Å². The summed E-state index contributed by atoms with van der Waals surface area (Å²) in [5.74, 6) is -3.97. The zero-order chi connectivity index (χ0) is 49.3. The Morgan fingerprint density at radius 1 is 0.846 bits per heavy atom. The first-order valence-corrected chi connectivity index (χ1v) is 24.0. The van der Waals surface area contributed by atoms with E-state index in [2.05, 4.69) is 0 Å². The smallest absolute Gasteiger partial charge is 0.310 e. The van der Waals surface area contributed by atoms with Gasteiger partial charge >= 0.3 is 11.9 Å². The number of hydrogen-bond donors (Lipinski definition) is 2. The molecule has 0 radical (unpaired) electrons. The summed E-state index contributed by atoms with van der Waals surface area (Å²) in [6.45, 7) is 20.2. The molecule has 0 bridgehead atoms. The van der Waals surface area contributed by atoms with E-state index in [-0.39, 0.29) is 79.0 Å². The molecule has 1 aromatic rings. The lowest BCUT2D eigenvalue weighted by Gasteiger charge is -2.41. The van der Waals surface area contributed by atoms with Crippen molar-refractivity contribution >= 4 is 35.3 Å². The van der Waals surface area contributed by atoms with Crippen molar-refractivity contribution in [3.05, 3.63) is 29.8 Å². The molecule has 2 amide bonds. The number of carboxylic acids is 1. The number of rotatable bonds is 29. The van der Waals surface area contributed by atoms with E-state index in [0.29, 0.717) is 38.8 Å². The summed E-state index contributed by atoms with van der Waals surface area (Å²) >= 11 is 0. The number of nitrogens with zero attached hydrogens (tertiary/aromatic N) is 3. The van der Waals surface area contributed by atoms with Crippen molar-refractivity contribution in [2.24, 2.45) is 35.5 Å². The normalized spacial score (nSPS) is 18.2. The monoisotopic (exact) mass is 916 g/mol. The van der Waals surface area contributed by atoms with Gasteiger partial charge in [-0.05, 0) is 102 Å². The van der Waals surface area contributed by atoms with Crippen LogP contribution in [-0.2, 0) is 49.4 Å². The summed E-state index contributed by atoms with van der Waals surface area (Å²) in [4.78, 5) is 87.1. The van der Waals surface area contributed by atoms with Gasteiger partial charge in [0.25, 0.3) is 0 Å². The summed E-state index contributed by atoms with van der Waals surface area (Å²) in [6, 6.07) is 5.24. The first-order valence-electron chi connectivity index (χ1n) is 24.0. The number of aromatic hydroxyl groups is 1. The van der Waals surface area contributed by atoms with E-state index in [9.17, 15) is 33.9 Å². The van der Waals surface area contributed by atoms with Crippen molar-refractivity contribution < 1.29 is 53.2 Å². The van der Waals surface area contributed by atoms with Crippen LogP contribution in [-0.4, -0.2) is 138 Å². The second kappa shape index (κ2) is 27.1. The van der Waals surface area contributed by atoms with Gasteiger partial charge in [0, 0.05) is 58.9 Å². The van der Waals surface area contributed by atoms with Gasteiger partial charge in [-0.1, -0.05) is 73.4 Å². The number of likely N-dealkylation sites (tertiary alicyclic amines) is 1. The van der Waals surface area contributed by atoms with E-state index in [1.807, 2.05) is 53.5 Å². The predicted molar refractivity (Wildman–Crippen MR) is 252 cm³/mol. The van der Waals surface area contributed by atoms with Crippen LogP contribution in [0.25, 0.3) is 0 Å². The van der Waals surface area contributed by atoms with Crippen molar-refractivity contribution in [3.8, 4) is 5.75 Å². The lowest BCUT2D eigenvalue weighted by atomic mass is 9.83. The number of Topliss-reactive ketones (excluding diaryl/α,β-unsaturated/α-hetero) is 2. The standard InChI is InChI=1S/C51H85N3O11/c1-15-34(6)47(53(12)49(61)39(32(2)3)30-42(57)46(33(4)5)52(11)26-18-16-17-21-45(59)60)43(63-13)31-44(58)54-27-19-20-40(54)48(64-14)35(7)41(56)29-37(50(62)65-51(8,9)10)28-36-22-24-38(55)25-23-36/h22-25,32-35,37,39-40,43,46-48,55H,15-21,26-31H2,1-14H3,(H,59,60)/t34-,35-,37+,39-,40-,43+,46?,47-,48+/m0/s1. The molecule has 0 aromatic heterocycles. The molecule has 2 N–H and O–H groups in total. The van der Waals surface area contributed by atoms with Gasteiger partial charge < -0.3 is 34.2 Å². The number of phenols is 1. The molecular weight excluding hydrogens is 831 g/mol. The van der Waals surface area contributed by atoms with Gasteiger partial charge in [0.2, 0.25) is 11.8 Å². The summed E-state index contributed by atoms with van der Waals surface area (Å²) in [6.07, 6.45) is 3.17. The number of aliphatic carboxylic acids is 1. The summed E-state index contributed by atoms with van der Waals surface area (Å²) < 4.78 is 17.9. The van der Waals surface area contributed by atoms with Gasteiger partial charge in [-0.15, -0.1) is 0 Å². The van der Waals surface area contributed by atoms with Crippen LogP contribution in [0.1, 0.15) is 139 Å². The summed E-state index contributed by atoms with van der Waals surface area (Å²) in [5, 5.41) is 18.8. The molecule has 0 aliphatic carbocycles. The van der Waals surface area contributed by atoms with Crippen molar-refractivity contribution in [1.29, 1.82) is 0 Å². The molecule has 1 heterocycles. The highest BCUT2D eigenvalue weighted by Gasteiger charge is 2.44. The number of ether oxygens (including phenoxy) is 3. The number of ketones is 2. The molecule has 370 valence electrons. The Morgan fingerprint density at radius 2 is 1.48 bits per heavy atom. The molecule has 9 atom stereocenters. The molecule has 0 saturated carbocycles. The van der Waals surface area contributed by atoms with Crippen molar-refractivity contribution in [1.82, 2.24) is 14.7 Å². The fraction of sp³-hybridized carbons (Fsp3) is 0.765. The maximum atomic E-state index is 14.6. The Kier molecular flexibility index (Phi) is 23.8. The van der Waals surface area contributed by atoms with Crippen LogP contribution in [0.5, 0.6) is 5.75 Å². The van der Waals surface area contributed by atoms with E-state index >= 15 is 0 Å². The average molecular weight is 916 g/mol. The minimum absolute atomic E-state index is 0.00264. The minimum atomic E-state index is -0.814. The lowest BCUT2D eigenvalue weighted by molar-refractivity contribution is -0.161. The van der Waals surface area contributed by atoms with Crippen LogP contribution in [0.3, 0.4) is 0 Å². The van der Waals surface area contributed by atoms with Crippen molar-refractivity contribution in [2.75, 3.05) is 41.4 Å². The van der Waals surface area contributed by atoms with Crippen molar-refractivity contribution in [2.45, 2.75) is 176 Å². The first kappa shape index (κ1) is 57.2. The van der Waals surface area contributed by atoms with Gasteiger partial charge in [-0.2, -0.15) is 0 Å². The number of carboxylic acid groups (broad SMARTS) is 1. The Hall–Kier alpha value is -3.88. The number of benzene rings is 1. The molecule has 0 spiro atoms. The number of phenolic OH excluding ortho intramolecular Hbond substituents is 1. The Morgan fingerprint density at radius 3 is 2.00 bits per heavy atom. The van der Waals surface area contributed by atoms with Crippen LogP contribution in [0.2, 0.25) is 0 Å². The molecular formula is C51H85N3O11. The summed E-state index contributed by atoms with van der Waals surface area (Å²) in [5.41, 5.74) is 0.0213. The van der Waals surface area contributed by atoms with E-state index in [1.165, 1.54) is 7.11 Å². The van der Waals surface area contributed by atoms with Crippen LogP contribution < -0.4 is 0 Å². The zero-order valence-electron chi connectivity index (χ0n) is 42.3. The fourth-order valence-corrected chi connectivity index (χ4v) is 9.60. The number of unbranched alkanes of at least 4 members (excludes halogenated alkanes) is 2. The topological polar surface area (TPSA) is 180 Å². The lowest BCUT2D eigenvalue weighted by Crippen LogP contribution is -2.54. The van der Waals surface area contributed by atoms with Crippen LogP contribution in [0.15, 0.2) is 24.3 Å². The number of likely N-dealkylation sites (N-methyl/N-ethyl adjacent to an activating group) is 2. The highest BCUT2D eigenvalue weighted by atomic mass is 16.6. The molecule has 2 rings (SSSR count). The quantitative estimate of drug-likeness (QED) is 0.0595. The maximum Gasteiger partial charge on any atom is 0.310 e. The predicted octanol–water partition coefficient (Wildman–Crippen LogP) is 7.60. The third kappa shape index (κ3) is 17.7. The molecule has 1 aliphatic rings. The molecule has 1 saturated heterocycles. The highest BCUT2D eigenvalue weighted by Crippen LogP contribution is 2.32. The summed E-state index contributed by atoms with van der Waals surface area (Å²) in [7, 11) is 6.76. The molecule has 1 unspecified atom stereocenters. The number of methoxy groups -OCH3 is 2. The molecule has 1 fully saturated rings.